The zero-order valence-corrected chi connectivity index (χ0v) is 17.7. The lowest BCUT2D eigenvalue weighted by molar-refractivity contribution is -0.120. The third-order valence-electron chi connectivity index (χ3n) is 5.66. The summed E-state index contributed by atoms with van der Waals surface area (Å²) in [6.45, 7) is 4.65. The molecule has 3 rings (SSSR count). The van der Waals surface area contributed by atoms with Gasteiger partial charge in [0.05, 0.1) is 13.0 Å². The summed E-state index contributed by atoms with van der Waals surface area (Å²) in [4.78, 5) is 13.0. The number of carbonyl (C=O) groups is 1. The van der Waals surface area contributed by atoms with Gasteiger partial charge in [-0.05, 0) is 30.5 Å². The molecule has 5 heteroatoms. The Morgan fingerprint density at radius 3 is 2.22 bits per heavy atom. The smallest absolute Gasteiger partial charge is 0.185 e. The van der Waals surface area contributed by atoms with E-state index in [9.17, 15) is 13.2 Å². The van der Waals surface area contributed by atoms with Crippen LogP contribution in [0.25, 0.3) is 0 Å². The van der Waals surface area contributed by atoms with E-state index in [0.29, 0.717) is 12.0 Å². The van der Waals surface area contributed by atoms with Gasteiger partial charge in [-0.3, -0.25) is 4.79 Å². The predicted molar refractivity (Wildman–Crippen MR) is 113 cm³/mol. The summed E-state index contributed by atoms with van der Waals surface area (Å²) >= 11 is 0. The molecule has 0 saturated carbocycles. The fraction of sp³-hybridized carbons (Fsp3) is 0.318. The van der Waals surface area contributed by atoms with Crippen LogP contribution >= 0.6 is 0 Å². The van der Waals surface area contributed by atoms with E-state index in [4.69, 9.17) is 0 Å². The monoisotopic (exact) mass is 398 g/mol. The average molecular weight is 399 g/mol. The summed E-state index contributed by atoms with van der Waals surface area (Å²) in [7, 11) is -5.35. The normalized spacial score (nSPS) is 20.4. The van der Waals surface area contributed by atoms with E-state index < -0.39 is 23.7 Å². The maximum Gasteiger partial charge on any atom is 0.185 e. The van der Waals surface area contributed by atoms with Gasteiger partial charge < -0.3 is 0 Å². The quantitative estimate of drug-likeness (QED) is 0.546. The molecular weight excluding hydrogens is 372 g/mol. The number of ketones is 1. The van der Waals surface area contributed by atoms with Gasteiger partial charge in [-0.25, -0.2) is 8.42 Å². The molecule has 142 valence electrons. The van der Waals surface area contributed by atoms with Gasteiger partial charge in [0.25, 0.3) is 0 Å². The second kappa shape index (κ2) is 7.95. The van der Waals surface area contributed by atoms with Gasteiger partial charge >= 0.3 is 0 Å². The zero-order valence-electron chi connectivity index (χ0n) is 15.8. The van der Waals surface area contributed by atoms with E-state index in [-0.39, 0.29) is 16.6 Å². The molecule has 2 aromatic rings. The van der Waals surface area contributed by atoms with E-state index in [1.54, 1.807) is 30.3 Å². The van der Waals surface area contributed by atoms with Crippen LogP contribution in [0.3, 0.4) is 0 Å². The van der Waals surface area contributed by atoms with Crippen molar-refractivity contribution in [1.29, 1.82) is 0 Å². The lowest BCUT2D eigenvalue weighted by Crippen LogP contribution is -2.47. The minimum atomic E-state index is -3.58. The number of allylic oxidation sites excluding steroid dienone is 2. The number of Topliss-reactive ketones (excluding diaryl/α,β-unsaturated/α-hetero) is 1. The van der Waals surface area contributed by atoms with Gasteiger partial charge in [0, 0.05) is 5.92 Å². The first kappa shape index (κ1) is 19.8. The van der Waals surface area contributed by atoms with Crippen LogP contribution in [0.5, 0.6) is 0 Å². The van der Waals surface area contributed by atoms with Crippen LogP contribution in [0, 0.1) is 5.92 Å². The second-order valence-electron chi connectivity index (χ2n) is 7.83. The minimum Gasteiger partial charge on any atom is -0.298 e. The Hall–Kier alpha value is -1.98. The number of sulfone groups is 1. The van der Waals surface area contributed by atoms with Crippen LogP contribution in [-0.4, -0.2) is 28.0 Å². The van der Waals surface area contributed by atoms with Gasteiger partial charge in [-0.15, -0.1) is 0 Å². The van der Waals surface area contributed by atoms with Gasteiger partial charge in [0.15, 0.2) is 15.6 Å². The predicted octanol–water partition coefficient (Wildman–Crippen LogP) is 3.98. The molecule has 0 radical (unpaired) electrons. The third-order valence-corrected chi connectivity index (χ3v) is 11.4. The van der Waals surface area contributed by atoms with Crippen LogP contribution in [0.15, 0.2) is 77.7 Å². The fourth-order valence-corrected chi connectivity index (χ4v) is 8.10. The Morgan fingerprint density at radius 2 is 1.59 bits per heavy atom. The van der Waals surface area contributed by atoms with Crippen molar-refractivity contribution in [2.45, 2.75) is 36.4 Å². The molecule has 0 amide bonds. The summed E-state index contributed by atoms with van der Waals surface area (Å²) in [6, 6.07) is 18.7. The largest absolute Gasteiger partial charge is 0.298 e. The minimum absolute atomic E-state index is 0.161. The van der Waals surface area contributed by atoms with Crippen LogP contribution in [0.2, 0.25) is 18.6 Å². The van der Waals surface area contributed by atoms with Gasteiger partial charge in [-0.2, -0.15) is 0 Å². The number of hydrogen-bond acceptors (Lipinski definition) is 3. The summed E-state index contributed by atoms with van der Waals surface area (Å²) in [6.07, 6.45) is 5.70. The highest BCUT2D eigenvalue weighted by atomic mass is 32.2. The molecule has 1 aliphatic rings. The summed E-state index contributed by atoms with van der Waals surface area (Å²) < 4.78 is 25.1. The van der Waals surface area contributed by atoms with E-state index >= 15 is 0 Å². The zero-order chi connectivity index (χ0) is 19.5. The molecule has 1 aliphatic carbocycles. The van der Waals surface area contributed by atoms with Crippen molar-refractivity contribution in [2.24, 2.45) is 5.92 Å². The van der Waals surface area contributed by atoms with Crippen LogP contribution < -0.4 is 5.19 Å². The second-order valence-corrected chi connectivity index (χ2v) is 14.6. The van der Waals surface area contributed by atoms with E-state index in [1.807, 2.05) is 6.07 Å². The first-order valence-corrected chi connectivity index (χ1v) is 14.1. The first-order valence-electron chi connectivity index (χ1n) is 9.33. The molecule has 0 aromatic heterocycles. The van der Waals surface area contributed by atoms with Crippen molar-refractivity contribution in [2.75, 3.05) is 5.75 Å². The molecule has 3 nitrogen and oxygen atoms in total. The van der Waals surface area contributed by atoms with Crippen molar-refractivity contribution < 1.29 is 13.2 Å². The first-order chi connectivity index (χ1) is 12.8. The number of carbonyl (C=O) groups excluding carboxylic acids is 1. The maximum absolute atomic E-state index is 12.8. The number of rotatable bonds is 6. The summed E-state index contributed by atoms with van der Waals surface area (Å²) in [5, 5.41) is 1.37. The molecule has 0 N–H and O–H groups in total. The van der Waals surface area contributed by atoms with Gasteiger partial charge in [0.1, 0.15) is 5.75 Å². The fourth-order valence-electron chi connectivity index (χ4n) is 3.78. The topological polar surface area (TPSA) is 51.2 Å². The van der Waals surface area contributed by atoms with Crippen LogP contribution in [0.1, 0.15) is 12.8 Å². The average Bonchev–Trinajstić information content (AvgIpc) is 2.69. The van der Waals surface area contributed by atoms with Crippen LogP contribution in [-0.2, 0) is 14.6 Å². The standard InChI is InChI=1S/C22H26O3SSi/c1-27(2,20-13-7-4-8-14-20)21-15-9-10-18(16-21)22(23)17-26(24,25)19-11-5-3-6-12-19/h3-9,11-15,18,21H,10,16-17H2,1-2H3/t18-,21+/m0/s1. The Balaban J connectivity index is 1.74. The van der Waals surface area contributed by atoms with Crippen molar-refractivity contribution in [1.82, 2.24) is 0 Å². The summed E-state index contributed by atoms with van der Waals surface area (Å²) in [5.41, 5.74) is 0.335. The molecule has 2 aromatic carbocycles. The summed E-state index contributed by atoms with van der Waals surface area (Å²) in [5.74, 6) is -0.782. The Labute approximate surface area is 163 Å². The molecule has 27 heavy (non-hydrogen) atoms. The molecule has 0 bridgehead atoms. The van der Waals surface area contributed by atoms with E-state index in [0.717, 1.165) is 6.42 Å². The Kier molecular flexibility index (Phi) is 5.82. The van der Waals surface area contributed by atoms with Gasteiger partial charge in [-0.1, -0.05) is 79.0 Å². The molecule has 0 aliphatic heterocycles. The highest BCUT2D eigenvalue weighted by molar-refractivity contribution is 7.92. The number of benzene rings is 2. The van der Waals surface area contributed by atoms with E-state index in [2.05, 4.69) is 49.5 Å². The molecule has 0 saturated heterocycles. The van der Waals surface area contributed by atoms with E-state index in [1.165, 1.54) is 5.19 Å². The maximum atomic E-state index is 12.8. The van der Waals surface area contributed by atoms with Crippen molar-refractivity contribution >= 4 is 28.9 Å². The third kappa shape index (κ3) is 4.47. The molecule has 0 fully saturated rings. The van der Waals surface area contributed by atoms with Gasteiger partial charge in [0.2, 0.25) is 0 Å². The lowest BCUT2D eigenvalue weighted by atomic mass is 9.91. The molecule has 0 unspecified atom stereocenters. The van der Waals surface area contributed by atoms with Crippen molar-refractivity contribution in [3.63, 3.8) is 0 Å². The molecular formula is C22H26O3SSi. The highest BCUT2D eigenvalue weighted by Crippen LogP contribution is 2.36. The Morgan fingerprint density at radius 1 is 1.00 bits per heavy atom. The lowest BCUT2D eigenvalue weighted by Gasteiger charge is -2.35. The Bertz CT molecular complexity index is 919. The number of hydrogen-bond donors (Lipinski definition) is 0. The molecule has 0 heterocycles. The molecule has 0 spiro atoms. The molecule has 2 atom stereocenters. The highest BCUT2D eigenvalue weighted by Gasteiger charge is 2.37. The van der Waals surface area contributed by atoms with Crippen molar-refractivity contribution in [3.05, 3.63) is 72.8 Å². The SMILES string of the molecule is C[Si](C)(c1ccccc1)[C@@H]1C=CC[C@H](C(=O)CS(=O)(=O)c2ccccc2)C1. The van der Waals surface area contributed by atoms with Crippen LogP contribution in [0.4, 0.5) is 0 Å². The van der Waals surface area contributed by atoms with Crippen molar-refractivity contribution in [3.8, 4) is 0 Å².